The molecule has 0 aliphatic rings. The third kappa shape index (κ3) is 8.37. The number of aromatic amines is 1. The molecule has 5 rings (SSSR count). The number of benzene rings is 4. The number of carbonyl (C=O) groups is 1. The Morgan fingerprint density at radius 1 is 0.907 bits per heavy atom. The molecule has 43 heavy (non-hydrogen) atoms. The van der Waals surface area contributed by atoms with E-state index < -0.39 is 5.09 Å². The van der Waals surface area contributed by atoms with Gasteiger partial charge in [-0.25, -0.2) is 0 Å². The molecule has 0 amide bonds. The molecule has 0 fully saturated rings. The summed E-state index contributed by atoms with van der Waals surface area (Å²) in [5, 5.41) is 22.3. The monoisotopic (exact) mass is 587 g/mol. The highest BCUT2D eigenvalue weighted by molar-refractivity contribution is 6.10. The van der Waals surface area contributed by atoms with Crippen LogP contribution in [-0.2, 0) is 16.2 Å². The summed E-state index contributed by atoms with van der Waals surface area (Å²) in [7, 11) is 1.62. The van der Waals surface area contributed by atoms with Crippen molar-refractivity contribution < 1.29 is 34.0 Å². The normalized spacial score (nSPS) is 11.3. The summed E-state index contributed by atoms with van der Waals surface area (Å²) >= 11 is 0. The van der Waals surface area contributed by atoms with Gasteiger partial charge in [0.15, 0.2) is 11.5 Å². The van der Waals surface area contributed by atoms with Crippen molar-refractivity contribution in [3.05, 3.63) is 112 Å². The standard InChI is InChI=1S/C31H31N3O6.CH2O2/c1-37-28-10-4-5-11-29(28)38-18-17-32-19-24(23-15-13-22(14-16-23)20-40-34(35)36)21-39-30-12-6-9-27-31(30)25-7-2-3-8-26(25)33-27;2-1-3/h2-16,24,32-33H,17-21H2,1H3;1H,(H,2,3). The van der Waals surface area contributed by atoms with Crippen LogP contribution in [-0.4, -0.2) is 55.1 Å². The van der Waals surface area contributed by atoms with Gasteiger partial charge in [-0.15, -0.1) is 10.1 Å². The first kappa shape index (κ1) is 30.7. The van der Waals surface area contributed by atoms with Crippen LogP contribution in [0, 0.1) is 10.1 Å². The molecular formula is C32H33N3O8. The Kier molecular flexibility index (Phi) is 11.2. The average molecular weight is 588 g/mol. The highest BCUT2D eigenvalue weighted by Crippen LogP contribution is 2.33. The van der Waals surface area contributed by atoms with Gasteiger partial charge in [-0.05, 0) is 41.5 Å². The number of ether oxygens (including phenoxy) is 3. The summed E-state index contributed by atoms with van der Waals surface area (Å²) in [4.78, 5) is 26.9. The fraction of sp³-hybridized carbons (Fsp3) is 0.219. The van der Waals surface area contributed by atoms with Crippen LogP contribution in [0.1, 0.15) is 17.0 Å². The minimum Gasteiger partial charge on any atom is -0.493 e. The van der Waals surface area contributed by atoms with E-state index in [0.29, 0.717) is 37.8 Å². The number of aromatic nitrogens is 1. The maximum atomic E-state index is 10.6. The summed E-state index contributed by atoms with van der Waals surface area (Å²) in [6.45, 7) is 1.84. The minimum absolute atomic E-state index is 0.0113. The number of hydrogen-bond acceptors (Lipinski definition) is 8. The maximum Gasteiger partial charge on any atom is 0.294 e. The van der Waals surface area contributed by atoms with E-state index in [1.807, 2.05) is 72.8 Å². The Balaban J connectivity index is 0.00000135. The van der Waals surface area contributed by atoms with Crippen LogP contribution in [0.3, 0.4) is 0 Å². The molecule has 1 unspecified atom stereocenters. The molecule has 224 valence electrons. The maximum absolute atomic E-state index is 10.6. The van der Waals surface area contributed by atoms with Gasteiger partial charge in [-0.1, -0.05) is 60.7 Å². The van der Waals surface area contributed by atoms with E-state index in [4.69, 9.17) is 24.1 Å². The highest BCUT2D eigenvalue weighted by Gasteiger charge is 2.16. The van der Waals surface area contributed by atoms with E-state index >= 15 is 0 Å². The van der Waals surface area contributed by atoms with Crippen molar-refractivity contribution in [1.82, 2.24) is 10.3 Å². The molecule has 11 heteroatoms. The molecule has 3 N–H and O–H groups in total. The molecule has 0 saturated heterocycles. The van der Waals surface area contributed by atoms with E-state index in [-0.39, 0.29) is 19.0 Å². The molecule has 0 bridgehead atoms. The van der Waals surface area contributed by atoms with Gasteiger partial charge in [-0.2, -0.15) is 0 Å². The van der Waals surface area contributed by atoms with Crippen LogP contribution in [0.5, 0.6) is 17.2 Å². The SMILES string of the molecule is COc1ccccc1OCCNCC(COc1cccc2[nH]c3ccccc3c12)c1ccc(CO[N+](=O)[O-])cc1.O=CO. The van der Waals surface area contributed by atoms with Gasteiger partial charge in [0.1, 0.15) is 19.0 Å². The van der Waals surface area contributed by atoms with E-state index in [9.17, 15) is 10.1 Å². The van der Waals surface area contributed by atoms with Crippen molar-refractivity contribution in [3.63, 3.8) is 0 Å². The van der Waals surface area contributed by atoms with Gasteiger partial charge in [0.05, 0.1) is 19.2 Å². The molecule has 0 aliphatic heterocycles. The van der Waals surface area contributed by atoms with Crippen LogP contribution >= 0.6 is 0 Å². The second-order valence-corrected chi connectivity index (χ2v) is 9.40. The Hall–Kier alpha value is -5.29. The van der Waals surface area contributed by atoms with Gasteiger partial charge in [-0.3, -0.25) is 4.79 Å². The Labute approximate surface area is 248 Å². The Bertz CT molecular complexity index is 1620. The number of fused-ring (bicyclic) bond motifs is 3. The Morgan fingerprint density at radius 3 is 2.33 bits per heavy atom. The number of nitrogens with zero attached hydrogens (tertiary/aromatic N) is 1. The molecule has 4 aromatic carbocycles. The lowest BCUT2D eigenvalue weighted by Gasteiger charge is -2.20. The summed E-state index contributed by atoms with van der Waals surface area (Å²) in [5.74, 6) is 2.22. The summed E-state index contributed by atoms with van der Waals surface area (Å²) < 4.78 is 17.7. The number of hydrogen-bond donors (Lipinski definition) is 3. The van der Waals surface area contributed by atoms with Crippen molar-refractivity contribution in [3.8, 4) is 17.2 Å². The van der Waals surface area contributed by atoms with Crippen molar-refractivity contribution in [2.45, 2.75) is 12.5 Å². The third-order valence-electron chi connectivity index (χ3n) is 6.72. The third-order valence-corrected chi connectivity index (χ3v) is 6.72. The van der Waals surface area contributed by atoms with E-state index in [0.717, 1.165) is 38.7 Å². The Morgan fingerprint density at radius 2 is 1.58 bits per heavy atom. The topological polar surface area (TPSA) is 145 Å². The first-order valence-electron chi connectivity index (χ1n) is 13.6. The number of rotatable bonds is 14. The van der Waals surface area contributed by atoms with Gasteiger partial charge < -0.3 is 34.5 Å². The summed E-state index contributed by atoms with van der Waals surface area (Å²) in [5.41, 5.74) is 3.86. The number of para-hydroxylation sites is 3. The molecule has 0 radical (unpaired) electrons. The predicted octanol–water partition coefficient (Wildman–Crippen LogP) is 5.57. The van der Waals surface area contributed by atoms with Gasteiger partial charge in [0.2, 0.25) is 0 Å². The number of nitrogens with one attached hydrogen (secondary N) is 2. The number of H-pyrrole nitrogens is 1. The van der Waals surface area contributed by atoms with Crippen LogP contribution in [0.2, 0.25) is 0 Å². The van der Waals surface area contributed by atoms with Crippen LogP contribution < -0.4 is 19.5 Å². The molecule has 1 heterocycles. The lowest BCUT2D eigenvalue weighted by Crippen LogP contribution is -2.29. The molecule has 5 aromatic rings. The zero-order valence-electron chi connectivity index (χ0n) is 23.6. The van der Waals surface area contributed by atoms with Gasteiger partial charge in [0, 0.05) is 35.3 Å². The van der Waals surface area contributed by atoms with E-state index in [1.54, 1.807) is 7.11 Å². The summed E-state index contributed by atoms with van der Waals surface area (Å²) in [6, 6.07) is 29.4. The summed E-state index contributed by atoms with van der Waals surface area (Å²) in [6.07, 6.45) is 0. The van der Waals surface area contributed by atoms with E-state index in [2.05, 4.69) is 33.3 Å². The molecule has 1 atom stereocenters. The molecule has 0 spiro atoms. The second kappa shape index (κ2) is 15.6. The molecular weight excluding hydrogens is 554 g/mol. The fourth-order valence-corrected chi connectivity index (χ4v) is 4.71. The first-order valence-corrected chi connectivity index (χ1v) is 13.6. The van der Waals surface area contributed by atoms with Crippen molar-refractivity contribution in [2.24, 2.45) is 0 Å². The van der Waals surface area contributed by atoms with Gasteiger partial charge >= 0.3 is 0 Å². The second-order valence-electron chi connectivity index (χ2n) is 9.40. The van der Waals surface area contributed by atoms with Crippen LogP contribution in [0.4, 0.5) is 0 Å². The van der Waals surface area contributed by atoms with Crippen molar-refractivity contribution in [1.29, 1.82) is 0 Å². The molecule has 1 aromatic heterocycles. The largest absolute Gasteiger partial charge is 0.493 e. The molecule has 0 aliphatic carbocycles. The van der Waals surface area contributed by atoms with Crippen LogP contribution in [0.25, 0.3) is 21.8 Å². The highest BCUT2D eigenvalue weighted by atomic mass is 16.9. The zero-order valence-corrected chi connectivity index (χ0v) is 23.6. The smallest absolute Gasteiger partial charge is 0.294 e. The molecule has 11 nitrogen and oxygen atoms in total. The zero-order chi connectivity index (χ0) is 30.4. The van der Waals surface area contributed by atoms with Gasteiger partial charge in [0.25, 0.3) is 11.6 Å². The van der Waals surface area contributed by atoms with Crippen LogP contribution in [0.15, 0.2) is 91.0 Å². The number of methoxy groups -OCH3 is 1. The fourth-order valence-electron chi connectivity index (χ4n) is 4.71. The first-order chi connectivity index (χ1) is 21.0. The lowest BCUT2D eigenvalue weighted by molar-refractivity contribution is -0.763. The number of carboxylic acid groups (broad SMARTS) is 1. The lowest BCUT2D eigenvalue weighted by atomic mass is 9.98. The predicted molar refractivity (Wildman–Crippen MR) is 162 cm³/mol. The molecule has 0 saturated carbocycles. The van der Waals surface area contributed by atoms with E-state index in [1.165, 1.54) is 0 Å². The average Bonchev–Trinajstić information content (AvgIpc) is 3.41. The van der Waals surface area contributed by atoms with Crippen molar-refractivity contribution in [2.75, 3.05) is 33.4 Å². The minimum atomic E-state index is -0.785. The van der Waals surface area contributed by atoms with Crippen molar-refractivity contribution >= 4 is 28.3 Å². The quantitative estimate of drug-likeness (QED) is 0.0657.